The van der Waals surface area contributed by atoms with Crippen molar-refractivity contribution in [2.45, 2.75) is 17.2 Å². The predicted molar refractivity (Wildman–Crippen MR) is 96.5 cm³/mol. The maximum Gasteiger partial charge on any atom is 0.241 e. The van der Waals surface area contributed by atoms with Crippen molar-refractivity contribution in [1.29, 1.82) is 5.26 Å². The van der Waals surface area contributed by atoms with Crippen LogP contribution in [-0.4, -0.2) is 11.0 Å². The number of nitrogens with two attached hydrogens (primary N) is 1. The summed E-state index contributed by atoms with van der Waals surface area (Å²) >= 11 is 8.89. The monoisotopic (exact) mass is 377 g/mol. The quantitative estimate of drug-likeness (QED) is 0.635. The van der Waals surface area contributed by atoms with Gasteiger partial charge in [0.2, 0.25) is 6.04 Å². The molecule has 1 aromatic carbocycles. The minimum absolute atomic E-state index is 0.211. The fourth-order valence-corrected chi connectivity index (χ4v) is 5.35. The van der Waals surface area contributed by atoms with Crippen LogP contribution < -0.4 is 5.73 Å². The van der Waals surface area contributed by atoms with Crippen LogP contribution in [0.1, 0.15) is 21.6 Å². The summed E-state index contributed by atoms with van der Waals surface area (Å²) in [6.45, 7) is 0. The molecule has 2 heterocycles. The summed E-state index contributed by atoms with van der Waals surface area (Å²) in [6.07, 6.45) is 0. The Morgan fingerprint density at radius 2 is 2.04 bits per heavy atom. The van der Waals surface area contributed by atoms with Gasteiger partial charge in [-0.05, 0) is 23.1 Å². The van der Waals surface area contributed by atoms with E-state index in [1.807, 2.05) is 17.5 Å². The largest absolute Gasteiger partial charge is 0.393 e. The second-order valence-electron chi connectivity index (χ2n) is 5.22. The lowest BCUT2D eigenvalue weighted by Crippen LogP contribution is -2.37. The third-order valence-electron chi connectivity index (χ3n) is 3.91. The molecule has 0 spiro atoms. The first-order chi connectivity index (χ1) is 11.5. The summed E-state index contributed by atoms with van der Waals surface area (Å²) in [5.74, 6) is -0.771. The summed E-state index contributed by atoms with van der Waals surface area (Å²) in [5.41, 5.74) is 6.85. The van der Waals surface area contributed by atoms with Gasteiger partial charge in [0.15, 0.2) is 0 Å². The first-order valence-electron chi connectivity index (χ1n) is 7.02. The molecule has 0 aliphatic carbocycles. The smallest absolute Gasteiger partial charge is 0.241 e. The third-order valence-corrected chi connectivity index (χ3v) is 6.62. The lowest BCUT2D eigenvalue weighted by molar-refractivity contribution is -0.525. The molecule has 2 N–H and O–H groups in total. The minimum atomic E-state index is -1.02. The van der Waals surface area contributed by atoms with Crippen LogP contribution in [0.5, 0.6) is 0 Å². The molecule has 122 valence electrons. The summed E-state index contributed by atoms with van der Waals surface area (Å²) in [6, 6.07) is 11.6. The fraction of sp³-hybridized carbons (Fsp3) is 0.188. The lowest BCUT2D eigenvalue weighted by atomic mass is 9.83. The molecular weight excluding hydrogens is 366 g/mol. The van der Waals surface area contributed by atoms with Crippen LogP contribution in [0, 0.1) is 21.4 Å². The second kappa shape index (κ2) is 6.85. The number of nitrogens with zero attached hydrogens (tertiary/aromatic N) is 2. The van der Waals surface area contributed by atoms with Gasteiger partial charge >= 0.3 is 0 Å². The topological polar surface area (TPSA) is 93.0 Å². The van der Waals surface area contributed by atoms with E-state index in [0.29, 0.717) is 15.6 Å². The van der Waals surface area contributed by atoms with E-state index < -0.39 is 17.2 Å². The van der Waals surface area contributed by atoms with Crippen molar-refractivity contribution in [3.05, 3.63) is 78.0 Å². The molecule has 5 nitrogen and oxygen atoms in total. The number of hydrogen-bond acceptors (Lipinski definition) is 6. The number of rotatable bonds is 3. The second-order valence-corrected chi connectivity index (χ2v) is 7.79. The molecule has 0 bridgehead atoms. The number of hydrogen-bond donors (Lipinski definition) is 1. The minimum Gasteiger partial charge on any atom is -0.393 e. The number of thioether (sulfide) groups is 1. The van der Waals surface area contributed by atoms with Crippen LogP contribution in [0.4, 0.5) is 0 Å². The maximum absolute atomic E-state index is 11.9. The Morgan fingerprint density at radius 1 is 1.29 bits per heavy atom. The van der Waals surface area contributed by atoms with E-state index in [1.165, 1.54) is 23.1 Å². The number of nitro groups is 1. The van der Waals surface area contributed by atoms with E-state index in [9.17, 15) is 15.4 Å². The molecule has 0 fully saturated rings. The van der Waals surface area contributed by atoms with Gasteiger partial charge in [0.05, 0.1) is 22.6 Å². The van der Waals surface area contributed by atoms with Crippen LogP contribution in [0.3, 0.4) is 0 Å². The Hall–Kier alpha value is -2.01. The summed E-state index contributed by atoms with van der Waals surface area (Å²) in [7, 11) is 0. The Labute approximate surface area is 151 Å². The normalized spacial score (nSPS) is 23.8. The van der Waals surface area contributed by atoms with E-state index in [2.05, 4.69) is 6.07 Å². The van der Waals surface area contributed by atoms with Crippen molar-refractivity contribution in [2.24, 2.45) is 5.73 Å². The van der Waals surface area contributed by atoms with E-state index in [-0.39, 0.29) is 10.5 Å². The van der Waals surface area contributed by atoms with Crippen molar-refractivity contribution >= 4 is 34.7 Å². The highest BCUT2D eigenvalue weighted by Gasteiger charge is 2.49. The number of halogens is 1. The van der Waals surface area contributed by atoms with Gasteiger partial charge in [0.1, 0.15) is 5.25 Å². The molecule has 3 atom stereocenters. The maximum atomic E-state index is 11.9. The van der Waals surface area contributed by atoms with Gasteiger partial charge in [-0.15, -0.1) is 11.3 Å². The van der Waals surface area contributed by atoms with Crippen molar-refractivity contribution < 1.29 is 4.92 Å². The molecule has 0 amide bonds. The lowest BCUT2D eigenvalue weighted by Gasteiger charge is -2.32. The van der Waals surface area contributed by atoms with Crippen molar-refractivity contribution in [1.82, 2.24) is 0 Å². The van der Waals surface area contributed by atoms with Crippen molar-refractivity contribution in [2.75, 3.05) is 0 Å². The van der Waals surface area contributed by atoms with Gasteiger partial charge in [0, 0.05) is 14.8 Å². The molecule has 0 unspecified atom stereocenters. The van der Waals surface area contributed by atoms with Crippen LogP contribution in [0.25, 0.3) is 0 Å². The molecule has 1 aliphatic heterocycles. The molecule has 1 aromatic heterocycles. The van der Waals surface area contributed by atoms with Crippen molar-refractivity contribution in [3.8, 4) is 6.07 Å². The first kappa shape index (κ1) is 16.8. The number of nitriles is 1. The Bertz CT molecular complexity index is 845. The Kier molecular flexibility index (Phi) is 4.81. The Morgan fingerprint density at radius 3 is 2.62 bits per heavy atom. The molecule has 2 aromatic rings. The molecule has 1 aliphatic rings. The van der Waals surface area contributed by atoms with Gasteiger partial charge < -0.3 is 5.73 Å². The summed E-state index contributed by atoms with van der Waals surface area (Å²) < 4.78 is 0. The standard InChI is InChI=1S/C16H12ClN3O2S2/c17-11-5-2-1-4-9(11)13-10(8-18)16(19)24-15(14(13)20(21)22)12-6-3-7-23-12/h1-7,13-15H,19H2/t13-,14+,15+/m0/s1. The first-order valence-corrected chi connectivity index (χ1v) is 9.16. The van der Waals surface area contributed by atoms with Crippen LogP contribution in [-0.2, 0) is 0 Å². The predicted octanol–water partition coefficient (Wildman–Crippen LogP) is 4.31. The molecule has 0 saturated heterocycles. The van der Waals surface area contributed by atoms with Gasteiger partial charge in [-0.2, -0.15) is 5.26 Å². The fourth-order valence-electron chi connectivity index (χ4n) is 2.87. The van der Waals surface area contributed by atoms with Crippen LogP contribution in [0.15, 0.2) is 52.4 Å². The van der Waals surface area contributed by atoms with E-state index >= 15 is 0 Å². The van der Waals surface area contributed by atoms with E-state index in [1.54, 1.807) is 24.3 Å². The molecule has 8 heteroatoms. The van der Waals surface area contributed by atoms with Gasteiger partial charge in [-0.1, -0.05) is 47.6 Å². The van der Waals surface area contributed by atoms with Gasteiger partial charge in [-0.3, -0.25) is 10.1 Å². The zero-order chi connectivity index (χ0) is 17.3. The molecule has 24 heavy (non-hydrogen) atoms. The summed E-state index contributed by atoms with van der Waals surface area (Å²) in [4.78, 5) is 12.4. The molecule has 3 rings (SSSR count). The molecule has 0 saturated carbocycles. The zero-order valence-electron chi connectivity index (χ0n) is 12.3. The van der Waals surface area contributed by atoms with E-state index in [0.717, 1.165) is 4.88 Å². The highest BCUT2D eigenvalue weighted by molar-refractivity contribution is 8.03. The van der Waals surface area contributed by atoms with Gasteiger partial charge in [-0.25, -0.2) is 0 Å². The van der Waals surface area contributed by atoms with Crippen molar-refractivity contribution in [3.63, 3.8) is 0 Å². The third kappa shape index (κ3) is 2.88. The van der Waals surface area contributed by atoms with Gasteiger partial charge in [0.25, 0.3) is 0 Å². The average molecular weight is 378 g/mol. The van der Waals surface area contributed by atoms with Crippen LogP contribution >= 0.6 is 34.7 Å². The zero-order valence-corrected chi connectivity index (χ0v) is 14.6. The van der Waals surface area contributed by atoms with E-state index in [4.69, 9.17) is 17.3 Å². The highest BCUT2D eigenvalue weighted by Crippen LogP contribution is 2.52. The molecular formula is C16H12ClN3O2S2. The van der Waals surface area contributed by atoms with Crippen LogP contribution in [0.2, 0.25) is 5.02 Å². The average Bonchev–Trinajstić information content (AvgIpc) is 3.08. The Balaban J connectivity index is 2.21. The highest BCUT2D eigenvalue weighted by atomic mass is 35.5. The number of benzene rings is 1. The summed E-state index contributed by atoms with van der Waals surface area (Å²) in [5, 5.41) is 23.6. The SMILES string of the molecule is N#CC1=C(N)S[C@H](c2cccs2)[C@H]([N+](=O)[O-])[C@H]1c1ccccc1Cl. The molecule has 0 radical (unpaired) electrons. The number of thiophene rings is 1.